The highest BCUT2D eigenvalue weighted by Crippen LogP contribution is 2.15. The van der Waals surface area contributed by atoms with E-state index in [0.717, 1.165) is 18.5 Å². The van der Waals surface area contributed by atoms with Crippen LogP contribution in [-0.4, -0.2) is 35.7 Å². The van der Waals surface area contributed by atoms with E-state index >= 15 is 0 Å². The van der Waals surface area contributed by atoms with E-state index in [0.29, 0.717) is 25.6 Å². The van der Waals surface area contributed by atoms with Crippen molar-refractivity contribution in [1.82, 2.24) is 10.2 Å². The number of carboxylic acid groups (broad SMARTS) is 1. The number of likely N-dealkylation sites (tertiary alicyclic amines) is 1. The molecule has 0 unspecified atom stereocenters. The summed E-state index contributed by atoms with van der Waals surface area (Å²) in [6.07, 6.45) is 0.0685. The summed E-state index contributed by atoms with van der Waals surface area (Å²) in [4.78, 5) is 12.2. The maximum atomic E-state index is 12.7. The summed E-state index contributed by atoms with van der Waals surface area (Å²) in [5.74, 6) is 0.146. The van der Waals surface area contributed by atoms with Gasteiger partial charge in [0.25, 0.3) is 0 Å². The molecule has 1 fully saturated rings. The zero-order valence-electron chi connectivity index (χ0n) is 10.1. The molecule has 5 heteroatoms. The van der Waals surface area contributed by atoms with Crippen LogP contribution in [0.2, 0.25) is 0 Å². The number of amides is 1. The van der Waals surface area contributed by atoms with Gasteiger partial charge < -0.3 is 15.3 Å². The summed E-state index contributed by atoms with van der Waals surface area (Å²) in [6, 6.07) is 6.39. The summed E-state index contributed by atoms with van der Waals surface area (Å²) < 4.78 is 12.7. The minimum absolute atomic E-state index is 0.230. The predicted molar refractivity (Wildman–Crippen MR) is 65.8 cm³/mol. The van der Waals surface area contributed by atoms with Gasteiger partial charge in [-0.1, -0.05) is 12.1 Å². The van der Waals surface area contributed by atoms with E-state index in [1.165, 1.54) is 17.0 Å². The predicted octanol–water partition coefficient (Wildman–Crippen LogP) is 1.92. The number of benzene rings is 1. The van der Waals surface area contributed by atoms with E-state index in [2.05, 4.69) is 5.32 Å². The van der Waals surface area contributed by atoms with Crippen LogP contribution in [0.4, 0.5) is 9.18 Å². The van der Waals surface area contributed by atoms with Crippen molar-refractivity contribution in [2.24, 2.45) is 5.92 Å². The van der Waals surface area contributed by atoms with Crippen molar-refractivity contribution in [2.75, 3.05) is 19.6 Å². The smallest absolute Gasteiger partial charge is 0.407 e. The number of nitrogens with one attached hydrogen (secondary N) is 1. The third kappa shape index (κ3) is 3.43. The SMILES string of the molecule is O=C(O)N1CC[C@@H](CNCc2ccc(F)cc2)C1. The summed E-state index contributed by atoms with van der Waals surface area (Å²) in [5.41, 5.74) is 1.03. The maximum absolute atomic E-state index is 12.7. The lowest BCUT2D eigenvalue weighted by molar-refractivity contribution is 0.154. The number of hydrogen-bond acceptors (Lipinski definition) is 2. The topological polar surface area (TPSA) is 52.6 Å². The minimum Gasteiger partial charge on any atom is -0.465 e. The molecule has 1 aliphatic heterocycles. The lowest BCUT2D eigenvalue weighted by Crippen LogP contribution is -2.29. The zero-order valence-corrected chi connectivity index (χ0v) is 10.1. The van der Waals surface area contributed by atoms with Crippen LogP contribution in [0, 0.1) is 11.7 Å². The molecule has 0 bridgehead atoms. The Morgan fingerprint density at radius 1 is 1.44 bits per heavy atom. The first kappa shape index (κ1) is 12.8. The molecule has 1 aromatic carbocycles. The largest absolute Gasteiger partial charge is 0.465 e. The third-order valence-electron chi connectivity index (χ3n) is 3.23. The summed E-state index contributed by atoms with van der Waals surface area (Å²) in [6.45, 7) is 2.70. The summed E-state index contributed by atoms with van der Waals surface area (Å²) in [5, 5.41) is 12.1. The number of hydrogen-bond donors (Lipinski definition) is 2. The first-order chi connectivity index (χ1) is 8.65. The molecular weight excluding hydrogens is 235 g/mol. The van der Waals surface area contributed by atoms with Crippen molar-refractivity contribution in [2.45, 2.75) is 13.0 Å². The van der Waals surface area contributed by atoms with E-state index in [-0.39, 0.29) is 5.82 Å². The molecule has 1 amide bonds. The number of rotatable bonds is 4. The van der Waals surface area contributed by atoms with Crippen LogP contribution in [0.3, 0.4) is 0 Å². The average Bonchev–Trinajstić information content (AvgIpc) is 2.81. The van der Waals surface area contributed by atoms with Gasteiger partial charge in [0, 0.05) is 26.2 Å². The van der Waals surface area contributed by atoms with Gasteiger partial charge in [0.15, 0.2) is 0 Å². The Hall–Kier alpha value is -1.62. The monoisotopic (exact) mass is 252 g/mol. The van der Waals surface area contributed by atoms with Crippen LogP contribution in [0.25, 0.3) is 0 Å². The van der Waals surface area contributed by atoms with Gasteiger partial charge in [-0.3, -0.25) is 0 Å². The molecule has 1 atom stereocenters. The Kier molecular flexibility index (Phi) is 4.15. The van der Waals surface area contributed by atoms with Crippen molar-refractivity contribution in [3.8, 4) is 0 Å². The Morgan fingerprint density at radius 3 is 2.78 bits per heavy atom. The van der Waals surface area contributed by atoms with E-state index < -0.39 is 6.09 Å². The van der Waals surface area contributed by atoms with Crippen LogP contribution in [0.15, 0.2) is 24.3 Å². The molecule has 1 aliphatic rings. The van der Waals surface area contributed by atoms with E-state index in [4.69, 9.17) is 5.11 Å². The van der Waals surface area contributed by atoms with Crippen LogP contribution >= 0.6 is 0 Å². The molecule has 98 valence electrons. The first-order valence-electron chi connectivity index (χ1n) is 6.08. The van der Waals surface area contributed by atoms with E-state index in [1.807, 2.05) is 0 Å². The van der Waals surface area contributed by atoms with E-state index in [1.54, 1.807) is 12.1 Å². The molecule has 2 rings (SSSR count). The molecule has 18 heavy (non-hydrogen) atoms. The van der Waals surface area contributed by atoms with Crippen molar-refractivity contribution in [3.63, 3.8) is 0 Å². The Bertz CT molecular complexity index is 408. The van der Waals surface area contributed by atoms with Crippen LogP contribution in [-0.2, 0) is 6.54 Å². The molecule has 2 N–H and O–H groups in total. The molecule has 0 radical (unpaired) electrons. The minimum atomic E-state index is -0.837. The van der Waals surface area contributed by atoms with Crippen molar-refractivity contribution < 1.29 is 14.3 Å². The fourth-order valence-electron chi connectivity index (χ4n) is 2.20. The van der Waals surface area contributed by atoms with E-state index in [9.17, 15) is 9.18 Å². The van der Waals surface area contributed by atoms with Gasteiger partial charge >= 0.3 is 6.09 Å². The Balaban J connectivity index is 1.70. The van der Waals surface area contributed by atoms with Crippen molar-refractivity contribution >= 4 is 6.09 Å². The number of nitrogens with zero attached hydrogens (tertiary/aromatic N) is 1. The van der Waals surface area contributed by atoms with Crippen molar-refractivity contribution in [1.29, 1.82) is 0 Å². The second kappa shape index (κ2) is 5.82. The van der Waals surface area contributed by atoms with Gasteiger partial charge in [-0.15, -0.1) is 0 Å². The number of halogens is 1. The Labute approximate surface area is 105 Å². The molecule has 0 aromatic heterocycles. The lowest BCUT2D eigenvalue weighted by Gasteiger charge is -2.13. The molecule has 1 saturated heterocycles. The zero-order chi connectivity index (χ0) is 13.0. The second-order valence-corrected chi connectivity index (χ2v) is 4.64. The normalized spacial score (nSPS) is 19.2. The lowest BCUT2D eigenvalue weighted by atomic mass is 10.1. The molecule has 1 heterocycles. The maximum Gasteiger partial charge on any atom is 0.407 e. The average molecular weight is 252 g/mol. The van der Waals surface area contributed by atoms with Gasteiger partial charge in [-0.2, -0.15) is 0 Å². The molecule has 4 nitrogen and oxygen atoms in total. The molecular formula is C13H17FN2O2. The van der Waals surface area contributed by atoms with Crippen LogP contribution < -0.4 is 5.32 Å². The fourth-order valence-corrected chi connectivity index (χ4v) is 2.20. The molecule has 0 aliphatic carbocycles. The molecule has 0 saturated carbocycles. The van der Waals surface area contributed by atoms with Gasteiger partial charge in [0.1, 0.15) is 5.82 Å². The molecule has 1 aromatic rings. The first-order valence-corrected chi connectivity index (χ1v) is 6.08. The standard InChI is InChI=1S/C13H17FN2O2/c14-12-3-1-10(2-4-12)7-15-8-11-5-6-16(9-11)13(17)18/h1-4,11,15H,5-9H2,(H,17,18)/t11-/m0/s1. The van der Waals surface area contributed by atoms with Crippen LogP contribution in [0.5, 0.6) is 0 Å². The highest BCUT2D eigenvalue weighted by Gasteiger charge is 2.25. The molecule has 0 spiro atoms. The highest BCUT2D eigenvalue weighted by atomic mass is 19.1. The van der Waals surface area contributed by atoms with Crippen molar-refractivity contribution in [3.05, 3.63) is 35.6 Å². The van der Waals surface area contributed by atoms with Gasteiger partial charge in [0.05, 0.1) is 0 Å². The quantitative estimate of drug-likeness (QED) is 0.860. The van der Waals surface area contributed by atoms with Gasteiger partial charge in [-0.05, 0) is 30.0 Å². The Morgan fingerprint density at radius 2 is 2.17 bits per heavy atom. The second-order valence-electron chi connectivity index (χ2n) is 4.64. The third-order valence-corrected chi connectivity index (χ3v) is 3.23. The van der Waals surface area contributed by atoms with Crippen LogP contribution in [0.1, 0.15) is 12.0 Å². The van der Waals surface area contributed by atoms with Gasteiger partial charge in [-0.25, -0.2) is 9.18 Å². The fraction of sp³-hybridized carbons (Fsp3) is 0.462. The van der Waals surface area contributed by atoms with Gasteiger partial charge in [0.2, 0.25) is 0 Å². The number of carbonyl (C=O) groups is 1. The summed E-state index contributed by atoms with van der Waals surface area (Å²) in [7, 11) is 0. The summed E-state index contributed by atoms with van der Waals surface area (Å²) >= 11 is 0. The highest BCUT2D eigenvalue weighted by molar-refractivity contribution is 5.65.